The summed E-state index contributed by atoms with van der Waals surface area (Å²) in [7, 11) is 0. The van der Waals surface area contributed by atoms with Gasteiger partial charge in [0.05, 0.1) is 5.41 Å². The van der Waals surface area contributed by atoms with Crippen molar-refractivity contribution in [1.29, 1.82) is 0 Å². The number of primary amides is 1. The Bertz CT molecular complexity index is 909. The molecule has 7 heteroatoms. The number of hydrogen-bond donors (Lipinski definition) is 4. The van der Waals surface area contributed by atoms with E-state index in [9.17, 15) is 14.4 Å². The summed E-state index contributed by atoms with van der Waals surface area (Å²) in [5.74, 6) is -0.953. The van der Waals surface area contributed by atoms with Gasteiger partial charge in [0.15, 0.2) is 0 Å². The van der Waals surface area contributed by atoms with E-state index in [-0.39, 0.29) is 11.8 Å². The van der Waals surface area contributed by atoms with E-state index in [0.717, 1.165) is 11.3 Å². The molecule has 2 unspecified atom stereocenters. The second-order valence-corrected chi connectivity index (χ2v) is 6.64. The number of carbonyl (C=O) groups is 3. The highest BCUT2D eigenvalue weighted by atomic mass is 16.2. The highest BCUT2D eigenvalue weighted by Crippen LogP contribution is 2.43. The van der Waals surface area contributed by atoms with Crippen LogP contribution in [0.25, 0.3) is 0 Å². The molecule has 2 aliphatic rings. The molecule has 4 rings (SSSR count). The molecule has 1 fully saturated rings. The smallest absolute Gasteiger partial charge is 0.248 e. The van der Waals surface area contributed by atoms with Crippen LogP contribution in [-0.2, 0) is 15.0 Å². The number of para-hydroxylation sites is 1. The van der Waals surface area contributed by atoms with Gasteiger partial charge in [0.2, 0.25) is 17.7 Å². The standard InChI is InChI=1S/C19H18N4O3/c20-16(24)11-5-7-12(8-6-11)22-17(25)15-9-19(18(26)23-15)10-21-14-4-2-1-3-13(14)19/h1-8,15,21H,9-10H2,(H2,20,24)(H,22,25)(H,23,26). The summed E-state index contributed by atoms with van der Waals surface area (Å²) in [5, 5.41) is 8.84. The molecule has 3 amide bonds. The molecule has 0 saturated carbocycles. The van der Waals surface area contributed by atoms with E-state index in [4.69, 9.17) is 5.73 Å². The van der Waals surface area contributed by atoms with Gasteiger partial charge in [-0.2, -0.15) is 0 Å². The monoisotopic (exact) mass is 350 g/mol. The van der Waals surface area contributed by atoms with Crippen LogP contribution in [-0.4, -0.2) is 30.3 Å². The van der Waals surface area contributed by atoms with Crippen LogP contribution in [0, 0.1) is 0 Å². The highest BCUT2D eigenvalue weighted by molar-refractivity contribution is 6.04. The van der Waals surface area contributed by atoms with Crippen LogP contribution in [0.2, 0.25) is 0 Å². The molecule has 26 heavy (non-hydrogen) atoms. The first-order valence-electron chi connectivity index (χ1n) is 8.35. The predicted molar refractivity (Wildman–Crippen MR) is 96.7 cm³/mol. The normalized spacial score (nSPS) is 23.2. The Morgan fingerprint density at radius 3 is 2.58 bits per heavy atom. The van der Waals surface area contributed by atoms with E-state index in [1.807, 2.05) is 24.3 Å². The van der Waals surface area contributed by atoms with Crippen molar-refractivity contribution in [3.8, 4) is 0 Å². The first kappa shape index (κ1) is 16.1. The van der Waals surface area contributed by atoms with Crippen molar-refractivity contribution in [2.75, 3.05) is 17.2 Å². The third kappa shape index (κ3) is 2.48. The number of benzene rings is 2. The highest BCUT2D eigenvalue weighted by Gasteiger charge is 2.53. The van der Waals surface area contributed by atoms with Gasteiger partial charge in [0.25, 0.3) is 0 Å². The predicted octanol–water partition coefficient (Wildman–Crippen LogP) is 0.976. The van der Waals surface area contributed by atoms with Gasteiger partial charge in [-0.05, 0) is 42.3 Å². The van der Waals surface area contributed by atoms with Crippen LogP contribution in [0.5, 0.6) is 0 Å². The fourth-order valence-electron chi connectivity index (χ4n) is 3.67. The van der Waals surface area contributed by atoms with E-state index >= 15 is 0 Å². The lowest BCUT2D eigenvalue weighted by Crippen LogP contribution is -2.39. The molecule has 7 nitrogen and oxygen atoms in total. The van der Waals surface area contributed by atoms with Crippen molar-refractivity contribution in [2.24, 2.45) is 5.73 Å². The zero-order valence-electron chi connectivity index (χ0n) is 13.9. The zero-order chi connectivity index (χ0) is 18.3. The van der Waals surface area contributed by atoms with Crippen molar-refractivity contribution in [1.82, 2.24) is 5.32 Å². The van der Waals surface area contributed by atoms with Crippen molar-refractivity contribution in [3.05, 3.63) is 59.7 Å². The van der Waals surface area contributed by atoms with Crippen molar-refractivity contribution < 1.29 is 14.4 Å². The van der Waals surface area contributed by atoms with E-state index in [1.165, 1.54) is 0 Å². The lowest BCUT2D eigenvalue weighted by Gasteiger charge is -2.19. The Labute approximate surface area is 150 Å². The number of hydrogen-bond acceptors (Lipinski definition) is 4. The zero-order valence-corrected chi connectivity index (χ0v) is 13.9. The molecule has 0 aromatic heterocycles. The molecule has 1 spiro atoms. The molecule has 0 aliphatic carbocycles. The van der Waals surface area contributed by atoms with Gasteiger partial charge in [-0.1, -0.05) is 18.2 Å². The number of anilines is 2. The molecule has 5 N–H and O–H groups in total. The molecule has 2 aromatic rings. The number of nitrogens with one attached hydrogen (secondary N) is 3. The Morgan fingerprint density at radius 2 is 1.85 bits per heavy atom. The van der Waals surface area contributed by atoms with Crippen molar-refractivity contribution >= 4 is 29.1 Å². The first-order chi connectivity index (χ1) is 12.5. The minimum absolute atomic E-state index is 0.140. The summed E-state index contributed by atoms with van der Waals surface area (Å²) in [5.41, 5.74) is 7.26. The minimum Gasteiger partial charge on any atom is -0.383 e. The summed E-state index contributed by atoms with van der Waals surface area (Å²) in [4.78, 5) is 36.4. The summed E-state index contributed by atoms with van der Waals surface area (Å²) in [6.07, 6.45) is 0.390. The lowest BCUT2D eigenvalue weighted by molar-refractivity contribution is -0.125. The van der Waals surface area contributed by atoms with Crippen LogP contribution < -0.4 is 21.7 Å². The number of fused-ring (bicyclic) bond motifs is 2. The summed E-state index contributed by atoms with van der Waals surface area (Å²) < 4.78 is 0. The first-order valence-corrected chi connectivity index (χ1v) is 8.35. The Balaban J connectivity index is 1.51. The topological polar surface area (TPSA) is 113 Å². The second kappa shape index (κ2) is 5.87. The quantitative estimate of drug-likeness (QED) is 0.661. The molecule has 2 aromatic carbocycles. The van der Waals surface area contributed by atoms with Crippen LogP contribution in [0.15, 0.2) is 48.5 Å². The number of carbonyl (C=O) groups excluding carboxylic acids is 3. The summed E-state index contributed by atoms with van der Waals surface area (Å²) >= 11 is 0. The van der Waals surface area contributed by atoms with E-state index < -0.39 is 17.4 Å². The maximum atomic E-state index is 12.7. The van der Waals surface area contributed by atoms with Gasteiger partial charge in [-0.25, -0.2) is 0 Å². The lowest BCUT2D eigenvalue weighted by atomic mass is 9.79. The second-order valence-electron chi connectivity index (χ2n) is 6.64. The van der Waals surface area contributed by atoms with Crippen LogP contribution in [0.3, 0.4) is 0 Å². The van der Waals surface area contributed by atoms with Gasteiger partial charge in [-0.15, -0.1) is 0 Å². The van der Waals surface area contributed by atoms with Gasteiger partial charge in [0.1, 0.15) is 6.04 Å². The largest absolute Gasteiger partial charge is 0.383 e. The van der Waals surface area contributed by atoms with Crippen molar-refractivity contribution in [2.45, 2.75) is 17.9 Å². The Kier molecular flexibility index (Phi) is 3.64. The van der Waals surface area contributed by atoms with Gasteiger partial charge in [0, 0.05) is 23.5 Å². The molecule has 132 valence electrons. The number of amides is 3. The third-order valence-corrected chi connectivity index (χ3v) is 5.07. The van der Waals surface area contributed by atoms with Crippen molar-refractivity contribution in [3.63, 3.8) is 0 Å². The average Bonchev–Trinajstić information content (AvgIpc) is 3.18. The van der Waals surface area contributed by atoms with Crippen LogP contribution >= 0.6 is 0 Å². The average molecular weight is 350 g/mol. The van der Waals surface area contributed by atoms with Crippen LogP contribution in [0.1, 0.15) is 22.3 Å². The number of rotatable bonds is 3. The molecule has 0 bridgehead atoms. The van der Waals surface area contributed by atoms with Gasteiger partial charge in [-0.3, -0.25) is 14.4 Å². The SMILES string of the molecule is NC(=O)c1ccc(NC(=O)C2CC3(CNc4ccccc43)C(=O)N2)cc1. The van der Waals surface area contributed by atoms with Crippen LogP contribution in [0.4, 0.5) is 11.4 Å². The van der Waals surface area contributed by atoms with E-state index in [1.54, 1.807) is 24.3 Å². The third-order valence-electron chi connectivity index (χ3n) is 5.07. The maximum absolute atomic E-state index is 12.7. The summed E-state index contributed by atoms with van der Waals surface area (Å²) in [6, 6.07) is 13.4. The fourth-order valence-corrected chi connectivity index (χ4v) is 3.67. The molecule has 2 atom stereocenters. The molecule has 2 aliphatic heterocycles. The molecule has 1 saturated heterocycles. The number of nitrogens with two attached hydrogens (primary N) is 1. The molecule has 0 radical (unpaired) electrons. The Hall–Kier alpha value is -3.35. The molecular weight excluding hydrogens is 332 g/mol. The Morgan fingerprint density at radius 1 is 1.12 bits per heavy atom. The summed E-state index contributed by atoms with van der Waals surface area (Å²) in [6.45, 7) is 0.481. The van der Waals surface area contributed by atoms with Gasteiger partial charge >= 0.3 is 0 Å². The van der Waals surface area contributed by atoms with Gasteiger partial charge < -0.3 is 21.7 Å². The van der Waals surface area contributed by atoms with E-state index in [0.29, 0.717) is 24.2 Å². The maximum Gasteiger partial charge on any atom is 0.248 e. The van der Waals surface area contributed by atoms with E-state index in [2.05, 4.69) is 16.0 Å². The molecular formula is C19H18N4O3. The fraction of sp³-hybridized carbons (Fsp3) is 0.211. The minimum atomic E-state index is -0.714. The molecule has 2 heterocycles.